The lowest BCUT2D eigenvalue weighted by molar-refractivity contribution is -0.150. The third-order valence-electron chi connectivity index (χ3n) is 3.87. The smallest absolute Gasteiger partial charge is 0.321 e. The predicted octanol–water partition coefficient (Wildman–Crippen LogP) is 1.37. The van der Waals surface area contributed by atoms with E-state index in [1.165, 1.54) is 6.20 Å². The summed E-state index contributed by atoms with van der Waals surface area (Å²) in [6.07, 6.45) is 3.56. The number of urea groups is 1. The number of amides is 2. The minimum absolute atomic E-state index is 0.0169. The summed E-state index contributed by atoms with van der Waals surface area (Å²) in [6, 6.07) is -0.287. The van der Waals surface area contributed by atoms with Crippen molar-refractivity contribution in [2.24, 2.45) is 11.3 Å². The van der Waals surface area contributed by atoms with Crippen LogP contribution in [0.3, 0.4) is 0 Å². The number of carboxylic acid groups (broad SMARTS) is 1. The maximum Gasteiger partial charge on any atom is 0.321 e. The van der Waals surface area contributed by atoms with E-state index in [-0.39, 0.29) is 18.5 Å². The molecule has 1 fully saturated rings. The molecule has 3 N–H and O–H groups in total. The first-order valence-corrected chi connectivity index (χ1v) is 6.24. The molecule has 0 aromatic carbocycles. The number of hydrogen-bond acceptors (Lipinski definition) is 3. The average molecular weight is 266 g/mol. The fraction of sp³-hybridized carbons (Fsp3) is 0.583. The van der Waals surface area contributed by atoms with Crippen LogP contribution < -0.4 is 5.32 Å². The molecule has 2 rings (SSSR count). The highest BCUT2D eigenvalue weighted by Gasteiger charge is 2.48. The first kappa shape index (κ1) is 13.4. The number of nitrogens with one attached hydrogen (secondary N) is 2. The number of nitrogens with zero attached hydrogens (tertiary/aromatic N) is 2. The maximum absolute atomic E-state index is 12.0. The third kappa shape index (κ3) is 2.40. The van der Waals surface area contributed by atoms with Gasteiger partial charge < -0.3 is 15.3 Å². The molecule has 104 valence electrons. The van der Waals surface area contributed by atoms with Crippen molar-refractivity contribution < 1.29 is 14.7 Å². The number of aromatic nitrogens is 2. The van der Waals surface area contributed by atoms with Gasteiger partial charge in [-0.15, -0.1) is 0 Å². The van der Waals surface area contributed by atoms with Gasteiger partial charge in [0.2, 0.25) is 0 Å². The van der Waals surface area contributed by atoms with Crippen LogP contribution in [0.1, 0.15) is 20.3 Å². The lowest BCUT2D eigenvalue weighted by Gasteiger charge is -2.28. The normalized spacial score (nSPS) is 22.8. The van der Waals surface area contributed by atoms with Crippen LogP contribution in [0.15, 0.2) is 12.4 Å². The molecule has 1 unspecified atom stereocenters. The van der Waals surface area contributed by atoms with Gasteiger partial charge >= 0.3 is 12.0 Å². The third-order valence-corrected chi connectivity index (χ3v) is 3.87. The Balaban J connectivity index is 2.05. The summed E-state index contributed by atoms with van der Waals surface area (Å²) in [5.74, 6) is -0.849. The van der Waals surface area contributed by atoms with Gasteiger partial charge in [0.15, 0.2) is 0 Å². The second kappa shape index (κ2) is 4.91. The van der Waals surface area contributed by atoms with E-state index in [1.807, 2.05) is 13.8 Å². The number of carboxylic acids is 1. The molecule has 1 aliphatic rings. The molecule has 1 aromatic rings. The quantitative estimate of drug-likeness (QED) is 0.769. The monoisotopic (exact) mass is 266 g/mol. The predicted molar refractivity (Wildman–Crippen MR) is 68.7 cm³/mol. The molecule has 1 aromatic heterocycles. The highest BCUT2D eigenvalue weighted by molar-refractivity contribution is 5.90. The van der Waals surface area contributed by atoms with E-state index in [0.29, 0.717) is 18.7 Å². The molecule has 0 spiro atoms. The van der Waals surface area contributed by atoms with Gasteiger partial charge in [-0.25, -0.2) is 4.79 Å². The van der Waals surface area contributed by atoms with Crippen molar-refractivity contribution in [2.45, 2.75) is 20.3 Å². The summed E-state index contributed by atoms with van der Waals surface area (Å²) in [4.78, 5) is 25.0. The summed E-state index contributed by atoms with van der Waals surface area (Å²) in [5.41, 5.74) is -0.268. The van der Waals surface area contributed by atoms with E-state index in [2.05, 4.69) is 15.5 Å². The lowest BCUT2D eigenvalue weighted by atomic mass is 9.76. The van der Waals surface area contributed by atoms with Crippen molar-refractivity contribution >= 4 is 17.7 Å². The summed E-state index contributed by atoms with van der Waals surface area (Å²) < 4.78 is 0. The number of hydrogen-bond donors (Lipinski definition) is 3. The zero-order valence-electron chi connectivity index (χ0n) is 11.0. The first-order chi connectivity index (χ1) is 8.95. The van der Waals surface area contributed by atoms with Crippen LogP contribution in [-0.4, -0.2) is 45.3 Å². The van der Waals surface area contributed by atoms with Gasteiger partial charge in [-0.1, -0.05) is 13.8 Å². The minimum Gasteiger partial charge on any atom is -0.481 e. The van der Waals surface area contributed by atoms with Gasteiger partial charge in [0, 0.05) is 19.3 Å². The largest absolute Gasteiger partial charge is 0.481 e. The Kier molecular flexibility index (Phi) is 3.46. The van der Waals surface area contributed by atoms with Crippen molar-refractivity contribution in [3.63, 3.8) is 0 Å². The SMILES string of the molecule is CC(C)C1(C(=O)O)CCN(C(=O)Nc2cn[nH]c2)C1. The number of aromatic amines is 1. The second-order valence-corrected chi connectivity index (χ2v) is 5.20. The number of aliphatic carboxylic acids is 1. The van der Waals surface area contributed by atoms with Crippen molar-refractivity contribution in [3.8, 4) is 0 Å². The molecule has 0 bridgehead atoms. The average Bonchev–Trinajstić information content (AvgIpc) is 2.97. The lowest BCUT2D eigenvalue weighted by Crippen LogP contribution is -2.41. The number of carbonyl (C=O) groups excluding carboxylic acids is 1. The molecule has 1 atom stereocenters. The summed E-state index contributed by atoms with van der Waals surface area (Å²) >= 11 is 0. The summed E-state index contributed by atoms with van der Waals surface area (Å²) in [6.45, 7) is 4.45. The molecular weight excluding hydrogens is 248 g/mol. The van der Waals surface area contributed by atoms with E-state index in [0.717, 1.165) is 0 Å². The van der Waals surface area contributed by atoms with E-state index < -0.39 is 11.4 Å². The molecule has 7 nitrogen and oxygen atoms in total. The molecule has 19 heavy (non-hydrogen) atoms. The Morgan fingerprint density at radius 2 is 2.32 bits per heavy atom. The Labute approximate surface area is 111 Å². The van der Waals surface area contributed by atoms with Crippen LogP contribution in [0.5, 0.6) is 0 Å². The van der Waals surface area contributed by atoms with Crippen molar-refractivity contribution in [2.75, 3.05) is 18.4 Å². The summed E-state index contributed by atoms with van der Waals surface area (Å²) in [7, 11) is 0. The second-order valence-electron chi connectivity index (χ2n) is 5.20. The van der Waals surface area contributed by atoms with Gasteiger partial charge in [-0.05, 0) is 12.3 Å². The number of anilines is 1. The number of H-pyrrole nitrogens is 1. The fourth-order valence-corrected chi connectivity index (χ4v) is 2.42. The van der Waals surface area contributed by atoms with Gasteiger partial charge in [-0.3, -0.25) is 9.89 Å². The van der Waals surface area contributed by atoms with Crippen LogP contribution in [-0.2, 0) is 4.79 Å². The van der Waals surface area contributed by atoms with Crippen molar-refractivity contribution in [1.82, 2.24) is 15.1 Å². The molecule has 7 heteroatoms. The van der Waals surface area contributed by atoms with E-state index >= 15 is 0 Å². The molecule has 0 aliphatic carbocycles. The molecule has 0 radical (unpaired) electrons. The van der Waals surface area contributed by atoms with Crippen molar-refractivity contribution in [1.29, 1.82) is 0 Å². The highest BCUT2D eigenvalue weighted by Crippen LogP contribution is 2.38. The van der Waals surface area contributed by atoms with E-state index in [9.17, 15) is 14.7 Å². The van der Waals surface area contributed by atoms with Crippen LogP contribution in [0, 0.1) is 11.3 Å². The van der Waals surface area contributed by atoms with Crippen molar-refractivity contribution in [3.05, 3.63) is 12.4 Å². The first-order valence-electron chi connectivity index (χ1n) is 6.24. The van der Waals surface area contributed by atoms with Crippen LogP contribution in [0.25, 0.3) is 0 Å². The number of carbonyl (C=O) groups is 2. The molecule has 0 saturated carbocycles. The molecule has 1 saturated heterocycles. The summed E-state index contributed by atoms with van der Waals surface area (Å²) in [5, 5.41) is 18.4. The maximum atomic E-state index is 12.0. The van der Waals surface area contributed by atoms with Crippen LogP contribution >= 0.6 is 0 Å². The number of likely N-dealkylation sites (tertiary alicyclic amines) is 1. The standard InChI is InChI=1S/C12H18N4O3/c1-8(2)12(10(17)18)3-4-16(7-12)11(19)15-9-5-13-14-6-9/h5-6,8H,3-4,7H2,1-2H3,(H,13,14)(H,15,19)(H,17,18). The van der Waals surface area contributed by atoms with E-state index in [4.69, 9.17) is 0 Å². The van der Waals surface area contributed by atoms with Gasteiger partial charge in [0.1, 0.15) is 0 Å². The Morgan fingerprint density at radius 1 is 1.58 bits per heavy atom. The fourth-order valence-electron chi connectivity index (χ4n) is 2.42. The zero-order valence-corrected chi connectivity index (χ0v) is 11.0. The Bertz CT molecular complexity index is 471. The van der Waals surface area contributed by atoms with E-state index in [1.54, 1.807) is 11.1 Å². The Hall–Kier alpha value is -2.05. The van der Waals surface area contributed by atoms with Gasteiger partial charge in [0.25, 0.3) is 0 Å². The molecule has 1 aliphatic heterocycles. The van der Waals surface area contributed by atoms with Gasteiger partial charge in [-0.2, -0.15) is 5.10 Å². The number of rotatable bonds is 3. The van der Waals surface area contributed by atoms with Crippen LogP contribution in [0.4, 0.5) is 10.5 Å². The van der Waals surface area contributed by atoms with Gasteiger partial charge in [0.05, 0.1) is 17.3 Å². The molecular formula is C12H18N4O3. The molecule has 2 heterocycles. The highest BCUT2D eigenvalue weighted by atomic mass is 16.4. The minimum atomic E-state index is -0.840. The zero-order chi connectivity index (χ0) is 14.0. The Morgan fingerprint density at radius 3 is 2.79 bits per heavy atom. The molecule has 2 amide bonds. The van der Waals surface area contributed by atoms with Crippen LogP contribution in [0.2, 0.25) is 0 Å². The topological polar surface area (TPSA) is 98.3 Å².